The molecule has 8 heteroatoms. The molecule has 1 fully saturated rings. The molecular formula is C43H48F2N2O4. The highest BCUT2D eigenvalue weighted by Gasteiger charge is 2.39. The van der Waals surface area contributed by atoms with Gasteiger partial charge in [0.25, 0.3) is 5.91 Å². The van der Waals surface area contributed by atoms with Gasteiger partial charge >= 0.3 is 0 Å². The van der Waals surface area contributed by atoms with E-state index in [1.165, 1.54) is 12.1 Å². The molecule has 51 heavy (non-hydrogen) atoms. The molecular weight excluding hydrogens is 646 g/mol. The first-order chi connectivity index (χ1) is 24.6. The molecule has 0 bridgehead atoms. The number of benzene rings is 4. The van der Waals surface area contributed by atoms with Crippen LogP contribution < -0.4 is 0 Å². The monoisotopic (exact) mass is 694 g/mol. The van der Waals surface area contributed by atoms with Crippen molar-refractivity contribution in [3.05, 3.63) is 130 Å². The molecule has 1 N–H and O–H groups in total. The molecule has 2 unspecified atom stereocenters. The lowest BCUT2D eigenvalue weighted by Crippen LogP contribution is -2.47. The minimum absolute atomic E-state index is 0.0133. The lowest BCUT2D eigenvalue weighted by atomic mass is 9.78. The van der Waals surface area contributed by atoms with Crippen molar-refractivity contribution in [2.24, 2.45) is 11.8 Å². The van der Waals surface area contributed by atoms with Crippen molar-refractivity contribution in [2.75, 3.05) is 19.6 Å². The maximum atomic E-state index is 14.3. The van der Waals surface area contributed by atoms with E-state index in [1.807, 2.05) is 75.4 Å². The normalized spacial score (nSPS) is 15.8. The Morgan fingerprint density at radius 1 is 0.882 bits per heavy atom. The Balaban J connectivity index is 1.41. The summed E-state index contributed by atoms with van der Waals surface area (Å²) in [5.74, 6) is -3.81. The highest BCUT2D eigenvalue weighted by Crippen LogP contribution is 2.33. The molecule has 1 heterocycles. The number of halogens is 2. The van der Waals surface area contributed by atoms with E-state index in [-0.39, 0.29) is 36.0 Å². The number of carbonyl (C=O) groups excluding carboxylic acids is 3. The average molecular weight is 695 g/mol. The number of piperidine rings is 1. The quantitative estimate of drug-likeness (QED) is 0.127. The Kier molecular flexibility index (Phi) is 12.9. The molecule has 0 aromatic heterocycles. The van der Waals surface area contributed by atoms with Crippen LogP contribution in [0.2, 0.25) is 0 Å². The van der Waals surface area contributed by atoms with Crippen molar-refractivity contribution in [1.29, 1.82) is 0 Å². The van der Waals surface area contributed by atoms with Crippen LogP contribution >= 0.6 is 0 Å². The van der Waals surface area contributed by atoms with Gasteiger partial charge in [0.2, 0.25) is 5.91 Å². The molecule has 5 rings (SSSR count). The highest BCUT2D eigenvalue weighted by atomic mass is 19.1. The third-order valence-corrected chi connectivity index (χ3v) is 9.72. The zero-order valence-corrected chi connectivity index (χ0v) is 29.8. The number of aliphatic hydroxyl groups excluding tert-OH is 1. The van der Waals surface area contributed by atoms with Crippen molar-refractivity contribution < 1.29 is 28.3 Å². The van der Waals surface area contributed by atoms with Crippen LogP contribution in [0.5, 0.6) is 0 Å². The lowest BCUT2D eigenvalue weighted by Gasteiger charge is -2.37. The largest absolute Gasteiger partial charge is 0.392 e. The van der Waals surface area contributed by atoms with Crippen LogP contribution in [0.25, 0.3) is 11.1 Å². The summed E-state index contributed by atoms with van der Waals surface area (Å²) >= 11 is 0. The predicted molar refractivity (Wildman–Crippen MR) is 196 cm³/mol. The number of nitrogens with zero attached hydrogens (tertiary/aromatic N) is 2. The van der Waals surface area contributed by atoms with Gasteiger partial charge in [-0.25, -0.2) is 8.78 Å². The average Bonchev–Trinajstić information content (AvgIpc) is 3.11. The molecule has 6 nitrogen and oxygen atoms in total. The first-order valence-corrected chi connectivity index (χ1v) is 18.1. The first-order valence-electron chi connectivity index (χ1n) is 18.1. The molecule has 1 saturated heterocycles. The van der Waals surface area contributed by atoms with Crippen molar-refractivity contribution in [1.82, 2.24) is 9.80 Å². The molecule has 4 aromatic rings. The van der Waals surface area contributed by atoms with Crippen LogP contribution in [0.1, 0.15) is 83.4 Å². The number of amides is 2. The van der Waals surface area contributed by atoms with E-state index in [0.717, 1.165) is 41.2 Å². The van der Waals surface area contributed by atoms with Crippen LogP contribution in [0.4, 0.5) is 8.78 Å². The second-order valence-electron chi connectivity index (χ2n) is 13.8. The number of aryl methyl sites for hydroxylation is 1. The molecule has 1 aliphatic heterocycles. The highest BCUT2D eigenvalue weighted by molar-refractivity contribution is 6.01. The van der Waals surface area contributed by atoms with E-state index in [2.05, 4.69) is 0 Å². The Hall–Kier alpha value is -4.69. The van der Waals surface area contributed by atoms with Crippen molar-refractivity contribution in [2.45, 2.75) is 71.9 Å². The molecule has 268 valence electrons. The summed E-state index contributed by atoms with van der Waals surface area (Å²) in [5.41, 5.74) is 4.82. The van der Waals surface area contributed by atoms with E-state index < -0.39 is 29.6 Å². The maximum absolute atomic E-state index is 14.3. The fourth-order valence-electron chi connectivity index (χ4n) is 7.34. The van der Waals surface area contributed by atoms with Crippen LogP contribution in [0, 0.1) is 30.4 Å². The number of aliphatic hydroxyl groups is 1. The second kappa shape index (κ2) is 17.5. The van der Waals surface area contributed by atoms with Crippen LogP contribution in [-0.2, 0) is 17.8 Å². The minimum atomic E-state index is -1.25. The molecule has 3 atom stereocenters. The van der Waals surface area contributed by atoms with E-state index in [9.17, 15) is 28.3 Å². The van der Waals surface area contributed by atoms with E-state index in [1.54, 1.807) is 28.0 Å². The number of likely N-dealkylation sites (tertiary alicyclic amines) is 1. The summed E-state index contributed by atoms with van der Waals surface area (Å²) in [6.07, 6.45) is 1.25. The van der Waals surface area contributed by atoms with E-state index in [4.69, 9.17) is 0 Å². The molecule has 0 saturated carbocycles. The van der Waals surface area contributed by atoms with Crippen LogP contribution in [-0.4, -0.2) is 58.2 Å². The summed E-state index contributed by atoms with van der Waals surface area (Å²) in [6.45, 7) is 7.94. The van der Waals surface area contributed by atoms with Gasteiger partial charge in [-0.1, -0.05) is 68.4 Å². The third-order valence-electron chi connectivity index (χ3n) is 9.72. The predicted octanol–water partition coefficient (Wildman–Crippen LogP) is 8.43. The van der Waals surface area contributed by atoms with E-state index in [0.29, 0.717) is 50.1 Å². The van der Waals surface area contributed by atoms with E-state index >= 15 is 0 Å². The first kappa shape index (κ1) is 37.6. The molecule has 0 aliphatic carbocycles. The molecule has 2 amide bonds. The number of ketones is 1. The van der Waals surface area contributed by atoms with Gasteiger partial charge in [-0.2, -0.15) is 0 Å². The number of hydrogen-bond donors (Lipinski definition) is 1. The molecule has 4 aromatic carbocycles. The maximum Gasteiger partial charge on any atom is 0.253 e. The van der Waals surface area contributed by atoms with Crippen molar-refractivity contribution in [3.63, 3.8) is 0 Å². The Bertz CT molecular complexity index is 1800. The zero-order valence-electron chi connectivity index (χ0n) is 29.8. The minimum Gasteiger partial charge on any atom is -0.392 e. The van der Waals surface area contributed by atoms with Gasteiger partial charge in [-0.3, -0.25) is 14.4 Å². The Labute approximate surface area is 300 Å². The third kappa shape index (κ3) is 9.56. The summed E-state index contributed by atoms with van der Waals surface area (Å²) in [4.78, 5) is 45.1. The van der Waals surface area contributed by atoms with Crippen molar-refractivity contribution >= 4 is 17.6 Å². The summed E-state index contributed by atoms with van der Waals surface area (Å²) in [7, 11) is 0. The molecule has 0 spiro atoms. The second-order valence-corrected chi connectivity index (χ2v) is 13.8. The fourth-order valence-corrected chi connectivity index (χ4v) is 7.34. The number of Topliss-reactive ketones (excluding diaryl/α,β-unsaturated/α-hetero) is 1. The fraction of sp³-hybridized carbons (Fsp3) is 0.372. The standard InChI is InChI=1S/C43H48F2N2O4/c1-4-17-46(18-5-2)42(50)35-21-29(3)20-33(25-35)40(48)26-34(22-30-23-36(44)27-37(45)24-30)41(49)39-16-11-19-47(43(39)51)28-32-14-9-10-15-38(32)31-12-7-6-8-13-31/h6-10,12-15,20-21,23-25,27,34,39,41,49H,4-5,11,16-19,22,26,28H2,1-3H3/t34?,39?,41-/m0/s1. The van der Waals surface area contributed by atoms with Gasteiger partial charge in [0.15, 0.2) is 5.78 Å². The van der Waals surface area contributed by atoms with Gasteiger partial charge in [0.05, 0.1) is 12.0 Å². The zero-order chi connectivity index (χ0) is 36.5. The topological polar surface area (TPSA) is 77.9 Å². The summed E-state index contributed by atoms with van der Waals surface area (Å²) < 4.78 is 28.6. The Morgan fingerprint density at radius 2 is 1.53 bits per heavy atom. The van der Waals surface area contributed by atoms with Gasteiger partial charge < -0.3 is 14.9 Å². The number of rotatable bonds is 15. The van der Waals surface area contributed by atoms with Crippen LogP contribution in [0.15, 0.2) is 91.0 Å². The SMILES string of the molecule is CCCN(CCC)C(=O)c1cc(C)cc(C(=O)CC(Cc2cc(F)cc(F)c2)[C@H](O)C2CCCN(Cc3ccccc3-c3ccccc3)C2=O)c1. The Morgan fingerprint density at radius 3 is 2.22 bits per heavy atom. The van der Waals surface area contributed by atoms with Gasteiger partial charge in [-0.05, 0) is 103 Å². The van der Waals surface area contributed by atoms with Gasteiger partial charge in [0.1, 0.15) is 11.6 Å². The molecule has 1 aliphatic rings. The number of hydrogen-bond acceptors (Lipinski definition) is 4. The lowest BCUT2D eigenvalue weighted by molar-refractivity contribution is -0.145. The summed E-state index contributed by atoms with van der Waals surface area (Å²) in [5, 5.41) is 12.0. The van der Waals surface area contributed by atoms with Crippen LogP contribution in [0.3, 0.4) is 0 Å². The molecule has 0 radical (unpaired) electrons. The number of carbonyl (C=O) groups is 3. The van der Waals surface area contributed by atoms with Gasteiger partial charge in [0, 0.05) is 49.8 Å². The smallest absolute Gasteiger partial charge is 0.253 e. The summed E-state index contributed by atoms with van der Waals surface area (Å²) in [6, 6.07) is 26.1. The van der Waals surface area contributed by atoms with Gasteiger partial charge in [-0.15, -0.1) is 0 Å². The van der Waals surface area contributed by atoms with Crippen molar-refractivity contribution in [3.8, 4) is 11.1 Å².